The lowest BCUT2D eigenvalue weighted by atomic mass is 9.82. The van der Waals surface area contributed by atoms with Crippen molar-refractivity contribution in [1.82, 2.24) is 0 Å². The van der Waals surface area contributed by atoms with Crippen LogP contribution in [0.3, 0.4) is 0 Å². The van der Waals surface area contributed by atoms with Crippen molar-refractivity contribution in [2.45, 2.75) is 45.1 Å². The van der Waals surface area contributed by atoms with Crippen LogP contribution in [0.1, 0.15) is 44.7 Å². The number of fused-ring (bicyclic) bond motifs is 2. The van der Waals surface area contributed by atoms with Gasteiger partial charge in [0.05, 0.1) is 11.7 Å². The molecule has 250 valence electrons. The summed E-state index contributed by atoms with van der Waals surface area (Å²) < 4.78 is 0. The summed E-state index contributed by atoms with van der Waals surface area (Å²) in [7, 11) is 0. The standard InChI is InChI=1S/C49H44N2/c1-4-49(2,3)40-28-34-44(35-29-40)51(48-23-13-17-39-15-9-11-21-46(39)48)43-32-26-37(27-33-43)36-24-30-42(31-25-36)50(41-18-6-5-7-19-41)47-22-12-16-38-14-8-10-20-45(38)47/h5-30,32-35,42H,4,31H2,1-3H3. The molecule has 1 aliphatic carbocycles. The molecule has 0 N–H and O–H groups in total. The van der Waals surface area contributed by atoms with E-state index in [1.807, 2.05) is 0 Å². The predicted molar refractivity (Wildman–Crippen MR) is 220 cm³/mol. The van der Waals surface area contributed by atoms with Crippen molar-refractivity contribution in [1.29, 1.82) is 0 Å². The summed E-state index contributed by atoms with van der Waals surface area (Å²) in [6.07, 6.45) is 9.09. The van der Waals surface area contributed by atoms with E-state index in [-0.39, 0.29) is 11.5 Å². The van der Waals surface area contributed by atoms with Crippen LogP contribution < -0.4 is 9.80 Å². The minimum Gasteiger partial charge on any atom is -0.334 e. The van der Waals surface area contributed by atoms with E-state index in [0.717, 1.165) is 24.2 Å². The van der Waals surface area contributed by atoms with Gasteiger partial charge in [0.15, 0.2) is 0 Å². The minimum atomic E-state index is 0.137. The first-order chi connectivity index (χ1) is 25.0. The number of hydrogen-bond acceptors (Lipinski definition) is 2. The smallest absolute Gasteiger partial charge is 0.0560 e. The zero-order valence-electron chi connectivity index (χ0n) is 29.7. The quantitative estimate of drug-likeness (QED) is 0.152. The monoisotopic (exact) mass is 660 g/mol. The van der Waals surface area contributed by atoms with Gasteiger partial charge < -0.3 is 9.80 Å². The maximum atomic E-state index is 2.49. The molecule has 0 aliphatic heterocycles. The van der Waals surface area contributed by atoms with Crippen LogP contribution in [0.5, 0.6) is 0 Å². The van der Waals surface area contributed by atoms with E-state index in [1.54, 1.807) is 0 Å². The summed E-state index contributed by atoms with van der Waals surface area (Å²) in [4.78, 5) is 4.89. The van der Waals surface area contributed by atoms with Crippen LogP contribution in [0.4, 0.5) is 28.4 Å². The number of allylic oxidation sites excluding steroid dienone is 2. The fourth-order valence-corrected chi connectivity index (χ4v) is 7.43. The van der Waals surface area contributed by atoms with Gasteiger partial charge in [0.2, 0.25) is 0 Å². The van der Waals surface area contributed by atoms with E-state index in [2.05, 4.69) is 213 Å². The SMILES string of the molecule is CCC(C)(C)c1ccc(N(c2ccc(C3=CCC(N(c4ccccc4)c4cccc5ccccc45)C=C3)cc2)c2cccc3ccccc23)cc1. The molecule has 0 aromatic heterocycles. The maximum absolute atomic E-state index is 2.49. The maximum Gasteiger partial charge on any atom is 0.0560 e. The highest BCUT2D eigenvalue weighted by atomic mass is 15.2. The third-order valence-electron chi connectivity index (χ3n) is 10.7. The molecule has 1 atom stereocenters. The summed E-state index contributed by atoms with van der Waals surface area (Å²) in [5.41, 5.74) is 9.89. The molecular weight excluding hydrogens is 617 g/mol. The van der Waals surface area contributed by atoms with Gasteiger partial charge in [-0.2, -0.15) is 0 Å². The summed E-state index contributed by atoms with van der Waals surface area (Å²) in [5, 5.41) is 4.99. The first-order valence-electron chi connectivity index (χ1n) is 18.2. The lowest BCUT2D eigenvalue weighted by molar-refractivity contribution is 0.506. The second-order valence-corrected chi connectivity index (χ2v) is 14.2. The number of rotatable bonds is 9. The van der Waals surface area contributed by atoms with Crippen LogP contribution in [-0.2, 0) is 5.41 Å². The van der Waals surface area contributed by atoms with Crippen molar-refractivity contribution < 1.29 is 0 Å². The summed E-state index contributed by atoms with van der Waals surface area (Å²) >= 11 is 0. The van der Waals surface area contributed by atoms with Gasteiger partial charge in [-0.05, 0) is 94.3 Å². The molecule has 8 rings (SSSR count). The fourth-order valence-electron chi connectivity index (χ4n) is 7.43. The molecule has 7 aromatic carbocycles. The Morgan fingerprint density at radius 2 is 1.10 bits per heavy atom. The van der Waals surface area contributed by atoms with Crippen molar-refractivity contribution in [3.05, 3.63) is 193 Å². The van der Waals surface area contributed by atoms with Crippen LogP contribution in [0, 0.1) is 0 Å². The Balaban J connectivity index is 1.12. The molecule has 0 fully saturated rings. The van der Waals surface area contributed by atoms with Crippen LogP contribution in [-0.4, -0.2) is 6.04 Å². The molecule has 0 bridgehead atoms. The lowest BCUT2D eigenvalue weighted by Crippen LogP contribution is -2.30. The predicted octanol–water partition coefficient (Wildman–Crippen LogP) is 13.7. The van der Waals surface area contributed by atoms with Crippen LogP contribution >= 0.6 is 0 Å². The Bertz CT molecular complexity index is 2340. The third-order valence-corrected chi connectivity index (χ3v) is 10.7. The Morgan fingerprint density at radius 3 is 1.71 bits per heavy atom. The second-order valence-electron chi connectivity index (χ2n) is 14.2. The molecule has 0 radical (unpaired) electrons. The van der Waals surface area contributed by atoms with E-state index in [9.17, 15) is 0 Å². The third kappa shape index (κ3) is 6.35. The highest BCUT2D eigenvalue weighted by Crippen LogP contribution is 2.41. The number of benzene rings is 7. The molecule has 0 amide bonds. The average Bonchev–Trinajstić information content (AvgIpc) is 3.19. The van der Waals surface area contributed by atoms with E-state index >= 15 is 0 Å². The summed E-state index contributed by atoms with van der Waals surface area (Å²) in [6, 6.07) is 59.8. The summed E-state index contributed by atoms with van der Waals surface area (Å²) in [5.74, 6) is 0. The second kappa shape index (κ2) is 13.8. The topological polar surface area (TPSA) is 6.48 Å². The highest BCUT2D eigenvalue weighted by Gasteiger charge is 2.23. The molecule has 51 heavy (non-hydrogen) atoms. The van der Waals surface area contributed by atoms with E-state index in [1.165, 1.54) is 55.3 Å². The van der Waals surface area contributed by atoms with Crippen molar-refractivity contribution in [3.63, 3.8) is 0 Å². The molecule has 1 unspecified atom stereocenters. The summed E-state index contributed by atoms with van der Waals surface area (Å²) in [6.45, 7) is 6.91. The van der Waals surface area contributed by atoms with Gasteiger partial charge in [-0.15, -0.1) is 0 Å². The number of hydrogen-bond donors (Lipinski definition) is 0. The molecule has 2 heteroatoms. The molecule has 2 nitrogen and oxygen atoms in total. The lowest BCUT2D eigenvalue weighted by Gasteiger charge is -2.34. The van der Waals surface area contributed by atoms with Gasteiger partial charge in [0, 0.05) is 33.5 Å². The zero-order valence-corrected chi connectivity index (χ0v) is 29.7. The van der Waals surface area contributed by atoms with Gasteiger partial charge in [-0.3, -0.25) is 0 Å². The molecule has 0 saturated carbocycles. The zero-order chi connectivity index (χ0) is 34.8. The van der Waals surface area contributed by atoms with Crippen molar-refractivity contribution in [2.24, 2.45) is 0 Å². The number of nitrogens with zero attached hydrogens (tertiary/aromatic N) is 2. The minimum absolute atomic E-state index is 0.137. The molecule has 1 aliphatic rings. The van der Waals surface area contributed by atoms with Crippen molar-refractivity contribution >= 4 is 55.6 Å². The van der Waals surface area contributed by atoms with Gasteiger partial charge in [-0.1, -0.05) is 154 Å². The van der Waals surface area contributed by atoms with Gasteiger partial charge in [-0.25, -0.2) is 0 Å². The normalized spacial score (nSPS) is 14.4. The van der Waals surface area contributed by atoms with Gasteiger partial charge in [0.1, 0.15) is 0 Å². The average molecular weight is 661 g/mol. The van der Waals surface area contributed by atoms with E-state index in [0.29, 0.717) is 0 Å². The fraction of sp³-hybridized carbons (Fsp3) is 0.143. The van der Waals surface area contributed by atoms with E-state index < -0.39 is 0 Å². The first kappa shape index (κ1) is 32.4. The molecule has 0 saturated heterocycles. The first-order valence-corrected chi connectivity index (χ1v) is 18.2. The Hall–Kier alpha value is -5.86. The largest absolute Gasteiger partial charge is 0.334 e. The highest BCUT2D eigenvalue weighted by molar-refractivity contribution is 5.99. The van der Waals surface area contributed by atoms with E-state index in [4.69, 9.17) is 0 Å². The van der Waals surface area contributed by atoms with Crippen molar-refractivity contribution in [2.75, 3.05) is 9.80 Å². The van der Waals surface area contributed by atoms with Gasteiger partial charge in [0.25, 0.3) is 0 Å². The Kier molecular flexibility index (Phi) is 8.76. The van der Waals surface area contributed by atoms with Crippen LogP contribution in [0.2, 0.25) is 0 Å². The molecule has 0 spiro atoms. The van der Waals surface area contributed by atoms with Crippen LogP contribution in [0.15, 0.2) is 182 Å². The number of anilines is 5. The molecular formula is C49H44N2. The van der Waals surface area contributed by atoms with Gasteiger partial charge >= 0.3 is 0 Å². The Morgan fingerprint density at radius 1 is 0.549 bits per heavy atom. The van der Waals surface area contributed by atoms with Crippen molar-refractivity contribution in [3.8, 4) is 0 Å². The Labute approximate surface area is 302 Å². The molecule has 0 heterocycles. The number of para-hydroxylation sites is 1. The van der Waals surface area contributed by atoms with Crippen LogP contribution in [0.25, 0.3) is 27.1 Å². The molecule has 7 aromatic rings.